The van der Waals surface area contributed by atoms with Gasteiger partial charge < -0.3 is 15.4 Å². The highest BCUT2D eigenvalue weighted by Gasteiger charge is 2.21. The molecular weight excluding hydrogens is 356 g/mol. The van der Waals surface area contributed by atoms with Gasteiger partial charge in [0.2, 0.25) is 5.82 Å². The van der Waals surface area contributed by atoms with E-state index in [4.69, 9.17) is 4.74 Å². The fourth-order valence-corrected chi connectivity index (χ4v) is 2.77. The molecule has 0 unspecified atom stereocenters. The summed E-state index contributed by atoms with van der Waals surface area (Å²) in [7, 11) is 0. The molecule has 0 spiro atoms. The average molecular weight is 380 g/mol. The Labute approximate surface area is 163 Å². The maximum atomic E-state index is 12.8. The molecule has 0 atom stereocenters. The molecule has 7 nitrogen and oxygen atoms in total. The number of nitrogens with one attached hydrogen (secondary N) is 2. The van der Waals surface area contributed by atoms with Gasteiger partial charge in [0, 0.05) is 17.9 Å². The fourth-order valence-electron chi connectivity index (χ4n) is 2.77. The van der Waals surface area contributed by atoms with E-state index in [2.05, 4.69) is 15.6 Å². The molecule has 3 aromatic rings. The Morgan fingerprint density at radius 1 is 1.00 bits per heavy atom. The zero-order valence-corrected chi connectivity index (χ0v) is 16.4. The van der Waals surface area contributed by atoms with Crippen LogP contribution in [0.3, 0.4) is 0 Å². The van der Waals surface area contributed by atoms with E-state index < -0.39 is 0 Å². The largest absolute Gasteiger partial charge is 0.491 e. The SMILES string of the molecule is CC(C)NC(=O)c1nc(C(=O)Nc2ccc(OC(C)C)cc2)c2ccccn12. The number of fused-ring (bicyclic) bond motifs is 1. The number of benzene rings is 1. The summed E-state index contributed by atoms with van der Waals surface area (Å²) in [5.41, 5.74) is 1.37. The number of carbonyl (C=O) groups is 2. The number of aromatic nitrogens is 2. The Morgan fingerprint density at radius 2 is 1.71 bits per heavy atom. The Morgan fingerprint density at radius 3 is 2.36 bits per heavy atom. The lowest BCUT2D eigenvalue weighted by molar-refractivity contribution is 0.0932. The quantitative estimate of drug-likeness (QED) is 0.685. The van der Waals surface area contributed by atoms with E-state index >= 15 is 0 Å². The molecule has 2 N–H and O–H groups in total. The number of ether oxygens (including phenoxy) is 1. The molecule has 0 aliphatic rings. The Bertz CT molecular complexity index is 991. The standard InChI is InChI=1S/C21H24N4O3/c1-13(2)22-21(27)19-24-18(17-7-5-6-12-25(17)19)20(26)23-15-8-10-16(11-9-15)28-14(3)4/h5-14H,1-4H3,(H,22,27)(H,23,26). The van der Waals surface area contributed by atoms with Gasteiger partial charge in [-0.2, -0.15) is 0 Å². The van der Waals surface area contributed by atoms with Crippen molar-refractivity contribution < 1.29 is 14.3 Å². The summed E-state index contributed by atoms with van der Waals surface area (Å²) < 4.78 is 7.22. The minimum absolute atomic E-state index is 0.0348. The molecule has 0 radical (unpaired) electrons. The van der Waals surface area contributed by atoms with Crippen LogP contribution in [0.1, 0.15) is 48.8 Å². The number of amides is 2. The lowest BCUT2D eigenvalue weighted by atomic mass is 10.2. The third kappa shape index (κ3) is 4.31. The van der Waals surface area contributed by atoms with Crippen LogP contribution in [-0.2, 0) is 0 Å². The summed E-state index contributed by atoms with van der Waals surface area (Å²) in [6, 6.07) is 12.4. The van der Waals surface area contributed by atoms with Crippen molar-refractivity contribution in [3.63, 3.8) is 0 Å². The van der Waals surface area contributed by atoms with Gasteiger partial charge >= 0.3 is 0 Å². The zero-order chi connectivity index (χ0) is 20.3. The molecule has 0 aliphatic heterocycles. The summed E-state index contributed by atoms with van der Waals surface area (Å²) >= 11 is 0. The molecule has 2 amide bonds. The minimum Gasteiger partial charge on any atom is -0.491 e. The monoisotopic (exact) mass is 380 g/mol. The van der Waals surface area contributed by atoms with Crippen LogP contribution in [0, 0.1) is 0 Å². The van der Waals surface area contributed by atoms with Gasteiger partial charge in [0.05, 0.1) is 11.6 Å². The predicted octanol–water partition coefficient (Wildman–Crippen LogP) is 3.51. The molecule has 0 aliphatic carbocycles. The van der Waals surface area contributed by atoms with E-state index in [0.29, 0.717) is 11.2 Å². The summed E-state index contributed by atoms with van der Waals surface area (Å²) in [6.07, 6.45) is 1.79. The molecule has 0 fully saturated rings. The van der Waals surface area contributed by atoms with Gasteiger partial charge in [0.25, 0.3) is 11.8 Å². The molecule has 2 aromatic heterocycles. The van der Waals surface area contributed by atoms with Gasteiger partial charge in [-0.25, -0.2) is 4.98 Å². The lowest BCUT2D eigenvalue weighted by Crippen LogP contribution is -2.31. The van der Waals surface area contributed by atoms with E-state index in [9.17, 15) is 9.59 Å². The average Bonchev–Trinajstić information content (AvgIpc) is 3.02. The predicted molar refractivity (Wildman–Crippen MR) is 108 cm³/mol. The first-order valence-corrected chi connectivity index (χ1v) is 9.21. The highest BCUT2D eigenvalue weighted by Crippen LogP contribution is 2.19. The minimum atomic E-state index is -0.384. The number of hydrogen-bond donors (Lipinski definition) is 2. The van der Waals surface area contributed by atoms with E-state index in [1.165, 1.54) is 0 Å². The highest BCUT2D eigenvalue weighted by molar-refractivity contribution is 6.09. The second-order valence-electron chi connectivity index (χ2n) is 7.01. The van der Waals surface area contributed by atoms with Crippen LogP contribution in [0.15, 0.2) is 48.7 Å². The highest BCUT2D eigenvalue weighted by atomic mass is 16.5. The molecular formula is C21H24N4O3. The van der Waals surface area contributed by atoms with Crippen LogP contribution in [0.5, 0.6) is 5.75 Å². The van der Waals surface area contributed by atoms with Crippen LogP contribution in [0.25, 0.3) is 5.52 Å². The first-order valence-electron chi connectivity index (χ1n) is 9.21. The van der Waals surface area contributed by atoms with Gasteiger partial charge in [-0.3, -0.25) is 14.0 Å². The smallest absolute Gasteiger partial charge is 0.287 e. The zero-order valence-electron chi connectivity index (χ0n) is 16.4. The topological polar surface area (TPSA) is 84.7 Å². The van der Waals surface area contributed by atoms with Crippen molar-refractivity contribution in [3.8, 4) is 5.75 Å². The first-order chi connectivity index (χ1) is 13.3. The molecule has 0 saturated heterocycles. The van der Waals surface area contributed by atoms with Crippen LogP contribution >= 0.6 is 0 Å². The van der Waals surface area contributed by atoms with Gasteiger partial charge in [0.15, 0.2) is 5.69 Å². The van der Waals surface area contributed by atoms with Crippen molar-refractivity contribution in [2.45, 2.75) is 39.8 Å². The normalized spacial score (nSPS) is 11.1. The third-order valence-electron chi connectivity index (χ3n) is 3.87. The molecule has 7 heteroatoms. The van der Waals surface area contributed by atoms with E-state index in [1.54, 1.807) is 53.1 Å². The summed E-state index contributed by atoms with van der Waals surface area (Å²) in [5.74, 6) is 0.193. The third-order valence-corrected chi connectivity index (χ3v) is 3.87. The number of nitrogens with zero attached hydrogens (tertiary/aromatic N) is 2. The van der Waals surface area contributed by atoms with Crippen molar-refractivity contribution in [1.29, 1.82) is 0 Å². The van der Waals surface area contributed by atoms with Crippen LogP contribution in [0.4, 0.5) is 5.69 Å². The Hall–Kier alpha value is -3.35. The summed E-state index contributed by atoms with van der Waals surface area (Å²) in [5, 5.41) is 5.63. The van der Waals surface area contributed by atoms with Crippen molar-refractivity contribution in [2.75, 3.05) is 5.32 Å². The number of carbonyl (C=O) groups excluding carboxylic acids is 2. The van der Waals surface area contributed by atoms with Crippen LogP contribution in [0.2, 0.25) is 0 Å². The fraction of sp³-hybridized carbons (Fsp3) is 0.286. The van der Waals surface area contributed by atoms with E-state index in [-0.39, 0.29) is 35.5 Å². The molecule has 28 heavy (non-hydrogen) atoms. The molecule has 2 heterocycles. The Balaban J connectivity index is 1.86. The second kappa shape index (κ2) is 8.12. The molecule has 3 rings (SSSR count). The maximum absolute atomic E-state index is 12.8. The lowest BCUT2D eigenvalue weighted by Gasteiger charge is -2.10. The maximum Gasteiger partial charge on any atom is 0.287 e. The van der Waals surface area contributed by atoms with Gasteiger partial charge in [-0.05, 0) is 64.1 Å². The molecule has 0 saturated carbocycles. The van der Waals surface area contributed by atoms with Crippen LogP contribution in [-0.4, -0.2) is 33.3 Å². The van der Waals surface area contributed by atoms with Gasteiger partial charge in [0.1, 0.15) is 5.75 Å². The van der Waals surface area contributed by atoms with Gasteiger partial charge in [-0.1, -0.05) is 6.07 Å². The van der Waals surface area contributed by atoms with Crippen molar-refractivity contribution in [1.82, 2.24) is 14.7 Å². The van der Waals surface area contributed by atoms with E-state index in [1.807, 2.05) is 27.7 Å². The van der Waals surface area contributed by atoms with E-state index in [0.717, 1.165) is 5.75 Å². The number of rotatable bonds is 6. The van der Waals surface area contributed by atoms with Crippen molar-refractivity contribution in [2.24, 2.45) is 0 Å². The number of pyridine rings is 1. The molecule has 146 valence electrons. The molecule has 1 aromatic carbocycles. The van der Waals surface area contributed by atoms with Crippen LogP contribution < -0.4 is 15.4 Å². The number of hydrogen-bond acceptors (Lipinski definition) is 4. The first kappa shape index (κ1) is 19.4. The summed E-state index contributed by atoms with van der Waals surface area (Å²) in [4.78, 5) is 29.6. The molecule has 0 bridgehead atoms. The summed E-state index contributed by atoms with van der Waals surface area (Å²) in [6.45, 7) is 7.64. The number of anilines is 1. The van der Waals surface area contributed by atoms with Crippen molar-refractivity contribution in [3.05, 3.63) is 60.2 Å². The second-order valence-corrected chi connectivity index (χ2v) is 7.01. The number of imidazole rings is 1. The Kier molecular flexibility index (Phi) is 5.63. The van der Waals surface area contributed by atoms with Gasteiger partial charge in [-0.15, -0.1) is 0 Å². The van der Waals surface area contributed by atoms with Crippen molar-refractivity contribution >= 4 is 23.0 Å².